The van der Waals surface area contributed by atoms with E-state index in [0.29, 0.717) is 5.92 Å². The van der Waals surface area contributed by atoms with E-state index in [1.54, 1.807) is 0 Å². The molecule has 2 aromatic rings. The maximum atomic E-state index is 4.40. The van der Waals surface area contributed by atoms with E-state index >= 15 is 0 Å². The zero-order valence-corrected chi connectivity index (χ0v) is 9.20. The highest BCUT2D eigenvalue weighted by Crippen LogP contribution is 2.42. The third kappa shape index (κ3) is 1.56. The van der Waals surface area contributed by atoms with Crippen LogP contribution in [0.25, 0.3) is 11.3 Å². The Morgan fingerprint density at radius 3 is 3.06 bits per heavy atom. The van der Waals surface area contributed by atoms with Gasteiger partial charge in [0.2, 0.25) is 0 Å². The fourth-order valence-electron chi connectivity index (χ4n) is 1.91. The Labute approximate surface area is 94.1 Å². The number of nitrogens with one attached hydrogen (secondary N) is 2. The summed E-state index contributed by atoms with van der Waals surface area (Å²) in [5.41, 5.74) is 4.37. The summed E-state index contributed by atoms with van der Waals surface area (Å²) >= 11 is 0. The molecule has 0 atom stereocenters. The second-order valence-corrected chi connectivity index (χ2v) is 4.14. The Morgan fingerprint density at radius 1 is 1.44 bits per heavy atom. The molecule has 0 unspecified atom stereocenters. The van der Waals surface area contributed by atoms with E-state index in [9.17, 15) is 0 Å². The van der Waals surface area contributed by atoms with Gasteiger partial charge in [-0.15, -0.1) is 0 Å². The molecular weight excluding hydrogens is 200 g/mol. The lowest BCUT2D eigenvalue weighted by atomic mass is 10.1. The lowest BCUT2D eigenvalue weighted by Gasteiger charge is -2.03. The average molecular weight is 214 g/mol. The van der Waals surface area contributed by atoms with Crippen molar-refractivity contribution in [2.75, 3.05) is 12.4 Å². The van der Waals surface area contributed by atoms with Crippen LogP contribution in [0.2, 0.25) is 0 Å². The quantitative estimate of drug-likeness (QED) is 0.824. The monoisotopic (exact) mass is 214 g/mol. The van der Waals surface area contributed by atoms with Crippen LogP contribution in [0.1, 0.15) is 24.5 Å². The Kier molecular flexibility index (Phi) is 2.13. The van der Waals surface area contributed by atoms with Crippen LogP contribution in [0.15, 0.2) is 24.5 Å². The first-order chi connectivity index (χ1) is 7.88. The SMILES string of the molecule is CNc1ccnc(-c2c[nH]nc2C2CC2)c1. The van der Waals surface area contributed by atoms with Gasteiger partial charge in [0.25, 0.3) is 0 Å². The van der Waals surface area contributed by atoms with Crippen molar-refractivity contribution in [2.45, 2.75) is 18.8 Å². The van der Waals surface area contributed by atoms with Gasteiger partial charge in [0.05, 0.1) is 11.4 Å². The van der Waals surface area contributed by atoms with Crippen molar-refractivity contribution in [2.24, 2.45) is 0 Å². The van der Waals surface area contributed by atoms with Gasteiger partial charge in [-0.3, -0.25) is 10.1 Å². The zero-order valence-electron chi connectivity index (χ0n) is 9.20. The topological polar surface area (TPSA) is 53.6 Å². The second kappa shape index (κ2) is 3.63. The number of aromatic nitrogens is 3. The van der Waals surface area contributed by atoms with Gasteiger partial charge in [-0.1, -0.05) is 0 Å². The molecule has 0 saturated heterocycles. The van der Waals surface area contributed by atoms with Crippen molar-refractivity contribution in [3.63, 3.8) is 0 Å². The fourth-order valence-corrected chi connectivity index (χ4v) is 1.91. The molecule has 16 heavy (non-hydrogen) atoms. The van der Waals surface area contributed by atoms with Crippen LogP contribution in [0.5, 0.6) is 0 Å². The third-order valence-electron chi connectivity index (χ3n) is 2.96. The van der Waals surface area contributed by atoms with Crippen LogP contribution in [-0.2, 0) is 0 Å². The minimum atomic E-state index is 0.640. The molecule has 1 aliphatic carbocycles. The molecule has 4 nitrogen and oxygen atoms in total. The number of anilines is 1. The first kappa shape index (κ1) is 9.39. The number of nitrogens with zero attached hydrogens (tertiary/aromatic N) is 2. The van der Waals surface area contributed by atoms with Gasteiger partial charge in [0.15, 0.2) is 0 Å². The van der Waals surface area contributed by atoms with E-state index in [0.717, 1.165) is 16.9 Å². The number of rotatable bonds is 3. The maximum absolute atomic E-state index is 4.40. The molecule has 0 aliphatic heterocycles. The van der Waals surface area contributed by atoms with Gasteiger partial charge < -0.3 is 5.32 Å². The molecule has 82 valence electrons. The summed E-state index contributed by atoms with van der Waals surface area (Å²) in [5, 5.41) is 10.4. The standard InChI is InChI=1S/C12H14N4/c1-13-9-4-5-14-11(6-9)10-7-15-16-12(10)8-2-3-8/h4-8H,2-3H2,1H3,(H,13,14)(H,15,16). The van der Waals surface area contributed by atoms with Crippen LogP contribution >= 0.6 is 0 Å². The molecule has 3 rings (SSSR count). The van der Waals surface area contributed by atoms with Gasteiger partial charge in [0.1, 0.15) is 0 Å². The predicted octanol–water partition coefficient (Wildman–Crippen LogP) is 2.39. The molecule has 0 bridgehead atoms. The zero-order chi connectivity index (χ0) is 11.0. The second-order valence-electron chi connectivity index (χ2n) is 4.14. The lowest BCUT2D eigenvalue weighted by Crippen LogP contribution is -1.91. The summed E-state index contributed by atoms with van der Waals surface area (Å²) in [4.78, 5) is 4.40. The van der Waals surface area contributed by atoms with Crippen molar-refractivity contribution < 1.29 is 0 Å². The number of aromatic amines is 1. The minimum Gasteiger partial charge on any atom is -0.388 e. The molecule has 2 aromatic heterocycles. The summed E-state index contributed by atoms with van der Waals surface area (Å²) in [6, 6.07) is 4.01. The molecule has 2 N–H and O–H groups in total. The molecule has 0 radical (unpaired) electrons. The number of pyridine rings is 1. The van der Waals surface area contributed by atoms with Crippen LogP contribution in [0, 0.1) is 0 Å². The van der Waals surface area contributed by atoms with Gasteiger partial charge in [-0.05, 0) is 25.0 Å². The number of H-pyrrole nitrogens is 1. The predicted molar refractivity (Wildman–Crippen MR) is 63.3 cm³/mol. The molecule has 0 spiro atoms. The van der Waals surface area contributed by atoms with Crippen LogP contribution in [-0.4, -0.2) is 22.2 Å². The molecule has 2 heterocycles. The van der Waals surface area contributed by atoms with E-state index in [2.05, 4.69) is 26.6 Å². The van der Waals surface area contributed by atoms with E-state index in [4.69, 9.17) is 0 Å². The van der Waals surface area contributed by atoms with Crippen LogP contribution in [0.3, 0.4) is 0 Å². The Morgan fingerprint density at radius 2 is 2.31 bits per heavy atom. The summed E-state index contributed by atoms with van der Waals surface area (Å²) < 4.78 is 0. The normalized spacial score (nSPS) is 15.1. The van der Waals surface area contributed by atoms with Gasteiger partial charge in [0, 0.05) is 36.6 Å². The largest absolute Gasteiger partial charge is 0.388 e. The Hall–Kier alpha value is -1.84. The molecule has 1 saturated carbocycles. The smallest absolute Gasteiger partial charge is 0.0756 e. The lowest BCUT2D eigenvalue weighted by molar-refractivity contribution is 0.965. The first-order valence-corrected chi connectivity index (χ1v) is 5.56. The molecule has 1 fully saturated rings. The summed E-state index contributed by atoms with van der Waals surface area (Å²) in [6.07, 6.45) is 6.27. The van der Waals surface area contributed by atoms with E-state index < -0.39 is 0 Å². The van der Waals surface area contributed by atoms with E-state index in [1.165, 1.54) is 18.5 Å². The molecule has 4 heteroatoms. The average Bonchev–Trinajstić information content (AvgIpc) is 3.07. The highest BCUT2D eigenvalue weighted by Gasteiger charge is 2.29. The molecule has 0 amide bonds. The van der Waals surface area contributed by atoms with E-state index in [1.807, 2.05) is 25.5 Å². The van der Waals surface area contributed by atoms with Crippen molar-refractivity contribution in [1.29, 1.82) is 0 Å². The number of hydrogen-bond donors (Lipinski definition) is 2. The summed E-state index contributed by atoms with van der Waals surface area (Å²) in [6.45, 7) is 0. The van der Waals surface area contributed by atoms with Crippen LogP contribution < -0.4 is 5.32 Å². The van der Waals surface area contributed by atoms with Crippen molar-refractivity contribution in [3.05, 3.63) is 30.2 Å². The fraction of sp³-hybridized carbons (Fsp3) is 0.333. The van der Waals surface area contributed by atoms with Crippen molar-refractivity contribution in [1.82, 2.24) is 15.2 Å². The van der Waals surface area contributed by atoms with Crippen molar-refractivity contribution >= 4 is 5.69 Å². The maximum Gasteiger partial charge on any atom is 0.0756 e. The molecule has 0 aromatic carbocycles. The first-order valence-electron chi connectivity index (χ1n) is 5.56. The van der Waals surface area contributed by atoms with Gasteiger partial charge >= 0.3 is 0 Å². The molecular formula is C12H14N4. The molecule has 1 aliphatic rings. The third-order valence-corrected chi connectivity index (χ3v) is 2.96. The highest BCUT2D eigenvalue weighted by molar-refractivity contribution is 5.66. The minimum absolute atomic E-state index is 0.640. The number of hydrogen-bond acceptors (Lipinski definition) is 3. The van der Waals surface area contributed by atoms with Gasteiger partial charge in [-0.25, -0.2) is 0 Å². The highest BCUT2D eigenvalue weighted by atomic mass is 15.1. The Bertz CT molecular complexity index is 499. The Balaban J connectivity index is 2.03. The van der Waals surface area contributed by atoms with Crippen molar-refractivity contribution in [3.8, 4) is 11.3 Å². The van der Waals surface area contributed by atoms with Crippen LogP contribution in [0.4, 0.5) is 5.69 Å². The summed E-state index contributed by atoms with van der Waals surface area (Å²) in [5.74, 6) is 0.640. The van der Waals surface area contributed by atoms with Gasteiger partial charge in [-0.2, -0.15) is 5.10 Å². The summed E-state index contributed by atoms with van der Waals surface area (Å²) in [7, 11) is 1.91. The van der Waals surface area contributed by atoms with E-state index in [-0.39, 0.29) is 0 Å².